The van der Waals surface area contributed by atoms with Crippen LogP contribution in [0.5, 0.6) is 11.5 Å². The Morgan fingerprint density at radius 1 is 1.30 bits per heavy atom. The lowest BCUT2D eigenvalue weighted by Crippen LogP contribution is -2.35. The van der Waals surface area contributed by atoms with Crippen LogP contribution in [0.25, 0.3) is 6.08 Å². The summed E-state index contributed by atoms with van der Waals surface area (Å²) in [5.74, 6) is 0.166. The molecule has 0 aliphatic carbocycles. The zero-order chi connectivity index (χ0) is 16.7. The number of nitrogens with one attached hydrogen (secondary N) is 1. The van der Waals surface area contributed by atoms with Crippen LogP contribution in [0.1, 0.15) is 5.56 Å². The number of benzene rings is 2. The number of halogens is 1. The maximum atomic E-state index is 13.8. The summed E-state index contributed by atoms with van der Waals surface area (Å²) < 4.78 is 19.3. The Hall–Kier alpha value is -2.86. The monoisotopic (exact) mass is 316 g/mol. The van der Waals surface area contributed by atoms with Crippen molar-refractivity contribution in [1.29, 1.82) is 0 Å². The molecular weight excluding hydrogens is 299 g/mol. The molecule has 0 unspecified atom stereocenters. The van der Waals surface area contributed by atoms with Gasteiger partial charge in [0.1, 0.15) is 5.75 Å². The first-order chi connectivity index (χ1) is 11.1. The minimum absolute atomic E-state index is 0.00588. The second-order valence-electron chi connectivity index (χ2n) is 4.64. The molecule has 0 radical (unpaired) electrons. The van der Waals surface area contributed by atoms with Crippen LogP contribution in [0.2, 0.25) is 0 Å². The van der Waals surface area contributed by atoms with E-state index in [1.165, 1.54) is 13.1 Å². The Morgan fingerprint density at radius 3 is 2.74 bits per heavy atom. The van der Waals surface area contributed by atoms with Gasteiger partial charge in [0, 0.05) is 7.05 Å². The smallest absolute Gasteiger partial charge is 0.341 e. The fourth-order valence-corrected chi connectivity index (χ4v) is 1.82. The fourth-order valence-electron chi connectivity index (χ4n) is 1.82. The lowest BCUT2D eigenvalue weighted by atomic mass is 10.2. The number of carbonyl (C=O) groups is 1. The van der Waals surface area contributed by atoms with E-state index >= 15 is 0 Å². The number of ether oxygens (including phenoxy) is 1. The van der Waals surface area contributed by atoms with E-state index in [0.717, 1.165) is 0 Å². The Kier molecular flexibility index (Phi) is 5.71. The van der Waals surface area contributed by atoms with Crippen LogP contribution >= 0.6 is 0 Å². The molecule has 0 aromatic heterocycles. The summed E-state index contributed by atoms with van der Waals surface area (Å²) in [6.07, 6.45) is 3.23. The van der Waals surface area contributed by atoms with E-state index in [4.69, 9.17) is 4.74 Å². The molecule has 0 aliphatic heterocycles. The van der Waals surface area contributed by atoms with E-state index in [1.807, 2.05) is 6.07 Å². The lowest BCUT2D eigenvalue weighted by Gasteiger charge is -2.11. The zero-order valence-electron chi connectivity index (χ0n) is 12.6. The maximum Gasteiger partial charge on any atom is 0.341 e. The molecule has 2 aromatic carbocycles. The van der Waals surface area contributed by atoms with Crippen LogP contribution in [-0.2, 0) is 0 Å². The van der Waals surface area contributed by atoms with Gasteiger partial charge in [-0.1, -0.05) is 36.4 Å². The molecule has 2 amide bonds. The van der Waals surface area contributed by atoms with Gasteiger partial charge >= 0.3 is 6.03 Å². The number of hydrogen-bond donors (Lipinski definition) is 2. The van der Waals surface area contributed by atoms with Crippen LogP contribution in [-0.4, -0.2) is 29.9 Å². The second-order valence-corrected chi connectivity index (χ2v) is 4.64. The zero-order valence-corrected chi connectivity index (χ0v) is 12.6. The molecule has 5 nitrogen and oxygen atoms in total. The third kappa shape index (κ3) is 4.82. The first-order valence-corrected chi connectivity index (χ1v) is 6.97. The molecule has 0 spiro atoms. The molecule has 0 saturated carbocycles. The van der Waals surface area contributed by atoms with Crippen LogP contribution < -0.4 is 10.1 Å². The van der Waals surface area contributed by atoms with Crippen molar-refractivity contribution in [3.8, 4) is 11.5 Å². The minimum Gasteiger partial charge on any atom is -0.454 e. The second kappa shape index (κ2) is 7.95. The SMILES string of the molecule is CNC(=O)N(O)CC=Cc1ccc(F)c(Oc2ccccc2)c1. The lowest BCUT2D eigenvalue weighted by molar-refractivity contribution is -0.0318. The standard InChI is InChI=1S/C17H17FN2O3/c1-19-17(21)20(22)11-5-6-13-9-10-15(18)16(12-13)23-14-7-3-2-4-8-14/h2-10,12,22H,11H2,1H3,(H,19,21). The molecule has 2 N–H and O–H groups in total. The topological polar surface area (TPSA) is 61.8 Å². The van der Waals surface area contributed by atoms with Gasteiger partial charge in [0.15, 0.2) is 11.6 Å². The summed E-state index contributed by atoms with van der Waals surface area (Å²) >= 11 is 0. The van der Waals surface area contributed by atoms with Gasteiger partial charge in [-0.05, 0) is 29.8 Å². The van der Waals surface area contributed by atoms with Crippen molar-refractivity contribution in [3.63, 3.8) is 0 Å². The van der Waals surface area contributed by atoms with E-state index in [9.17, 15) is 14.4 Å². The summed E-state index contributed by atoms with van der Waals surface area (Å²) in [5.41, 5.74) is 0.683. The average molecular weight is 316 g/mol. The van der Waals surface area contributed by atoms with Gasteiger partial charge < -0.3 is 10.1 Å². The molecule has 120 valence electrons. The van der Waals surface area contributed by atoms with Crippen molar-refractivity contribution in [2.75, 3.05) is 13.6 Å². The van der Waals surface area contributed by atoms with Gasteiger partial charge in [0.25, 0.3) is 0 Å². The highest BCUT2D eigenvalue weighted by Crippen LogP contribution is 2.25. The predicted octanol–water partition coefficient (Wildman–Crippen LogP) is 3.66. The van der Waals surface area contributed by atoms with E-state index in [1.54, 1.807) is 48.6 Å². The number of hydrogen-bond acceptors (Lipinski definition) is 3. The van der Waals surface area contributed by atoms with Gasteiger partial charge in [0.05, 0.1) is 6.54 Å². The van der Waals surface area contributed by atoms with Crippen molar-refractivity contribution in [2.45, 2.75) is 0 Å². The molecule has 2 rings (SSSR count). The van der Waals surface area contributed by atoms with Crippen LogP contribution in [0.15, 0.2) is 54.6 Å². The summed E-state index contributed by atoms with van der Waals surface area (Å²) in [6.45, 7) is 0.00588. The number of rotatable bonds is 5. The van der Waals surface area contributed by atoms with Crippen LogP contribution in [0.3, 0.4) is 0 Å². The van der Waals surface area contributed by atoms with Gasteiger partial charge in [0.2, 0.25) is 0 Å². The molecular formula is C17H17FN2O3. The van der Waals surface area contributed by atoms with E-state index in [2.05, 4.69) is 5.32 Å². The molecule has 0 saturated heterocycles. The van der Waals surface area contributed by atoms with Crippen LogP contribution in [0.4, 0.5) is 9.18 Å². The van der Waals surface area contributed by atoms with Crippen molar-refractivity contribution < 1.29 is 19.1 Å². The fraction of sp³-hybridized carbons (Fsp3) is 0.118. The van der Waals surface area contributed by atoms with Crippen molar-refractivity contribution in [1.82, 2.24) is 10.4 Å². The molecule has 0 fully saturated rings. The highest BCUT2D eigenvalue weighted by Gasteiger charge is 2.06. The first kappa shape index (κ1) is 16.5. The van der Waals surface area contributed by atoms with E-state index in [0.29, 0.717) is 16.4 Å². The maximum absolute atomic E-state index is 13.8. The number of carbonyl (C=O) groups excluding carboxylic acids is 1. The molecule has 6 heteroatoms. The normalized spacial score (nSPS) is 10.6. The van der Waals surface area contributed by atoms with Gasteiger partial charge in [-0.3, -0.25) is 5.21 Å². The summed E-state index contributed by atoms with van der Waals surface area (Å²) in [7, 11) is 1.42. The first-order valence-electron chi connectivity index (χ1n) is 6.97. The largest absolute Gasteiger partial charge is 0.454 e. The highest BCUT2D eigenvalue weighted by molar-refractivity contribution is 5.72. The molecule has 0 atom stereocenters. The van der Waals surface area contributed by atoms with E-state index < -0.39 is 11.8 Å². The summed E-state index contributed by atoms with van der Waals surface area (Å²) in [4.78, 5) is 11.1. The predicted molar refractivity (Wildman–Crippen MR) is 84.9 cm³/mol. The molecule has 2 aromatic rings. The van der Waals surface area contributed by atoms with Crippen molar-refractivity contribution in [2.24, 2.45) is 0 Å². The Bertz CT molecular complexity index is 689. The Morgan fingerprint density at radius 2 is 2.04 bits per heavy atom. The molecule has 0 bridgehead atoms. The molecule has 23 heavy (non-hydrogen) atoms. The Labute approximate surface area is 133 Å². The van der Waals surface area contributed by atoms with Crippen molar-refractivity contribution in [3.05, 3.63) is 66.0 Å². The van der Waals surface area contributed by atoms with Crippen LogP contribution in [0, 0.1) is 5.82 Å². The number of nitrogens with zero attached hydrogens (tertiary/aromatic N) is 1. The Balaban J connectivity index is 2.06. The quantitative estimate of drug-likeness (QED) is 0.653. The van der Waals surface area contributed by atoms with Gasteiger partial charge in [-0.15, -0.1) is 0 Å². The number of urea groups is 1. The van der Waals surface area contributed by atoms with Crippen molar-refractivity contribution >= 4 is 12.1 Å². The minimum atomic E-state index is -0.609. The van der Waals surface area contributed by atoms with Gasteiger partial charge in [-0.25, -0.2) is 14.2 Å². The summed E-state index contributed by atoms with van der Waals surface area (Å²) in [6, 6.07) is 12.7. The third-order valence-electron chi connectivity index (χ3n) is 2.96. The van der Waals surface area contributed by atoms with E-state index in [-0.39, 0.29) is 12.3 Å². The number of para-hydroxylation sites is 1. The van der Waals surface area contributed by atoms with Gasteiger partial charge in [-0.2, -0.15) is 0 Å². The highest BCUT2D eigenvalue weighted by atomic mass is 19.1. The number of hydroxylamine groups is 2. The average Bonchev–Trinajstić information content (AvgIpc) is 2.57. The molecule has 0 aliphatic rings. The summed E-state index contributed by atoms with van der Waals surface area (Å²) in [5, 5.41) is 12.2. The third-order valence-corrected chi connectivity index (χ3v) is 2.96. The number of amides is 2. The molecule has 0 heterocycles.